The Morgan fingerprint density at radius 1 is 1.24 bits per heavy atom. The Labute approximate surface area is 143 Å². The summed E-state index contributed by atoms with van der Waals surface area (Å²) in [6.07, 6.45) is 1.08. The molecule has 1 aliphatic rings. The average molecular weight is 406 g/mol. The van der Waals surface area contributed by atoms with E-state index in [2.05, 4.69) is 27.0 Å². The van der Waals surface area contributed by atoms with Gasteiger partial charge in [0.25, 0.3) is 0 Å². The van der Waals surface area contributed by atoms with Gasteiger partial charge in [0.15, 0.2) is 5.96 Å². The number of rotatable bonds is 3. The van der Waals surface area contributed by atoms with Crippen molar-refractivity contribution in [2.24, 2.45) is 4.99 Å². The smallest absolute Gasteiger partial charge is 0.193 e. The third kappa shape index (κ3) is 4.72. The summed E-state index contributed by atoms with van der Waals surface area (Å²) in [6, 6.07) is 6.97. The lowest BCUT2D eigenvalue weighted by Gasteiger charge is -2.37. The largest absolute Gasteiger partial charge is 0.366 e. The van der Waals surface area contributed by atoms with Crippen molar-refractivity contribution >= 4 is 35.6 Å². The Morgan fingerprint density at radius 3 is 2.48 bits per heavy atom. The molecule has 1 fully saturated rings. The molecule has 0 unspecified atom stereocenters. The maximum Gasteiger partial charge on any atom is 0.193 e. The minimum atomic E-state index is -0.144. The number of nitrogens with zero attached hydrogens (tertiary/aromatic N) is 3. The number of halogens is 2. The molecule has 0 spiro atoms. The monoisotopic (exact) mass is 406 g/mol. The summed E-state index contributed by atoms with van der Waals surface area (Å²) in [7, 11) is 1.81. The van der Waals surface area contributed by atoms with Gasteiger partial charge in [0.2, 0.25) is 0 Å². The van der Waals surface area contributed by atoms with E-state index < -0.39 is 0 Å². The number of para-hydroxylation sites is 1. The molecular weight excluding hydrogens is 382 g/mol. The number of hydrogen-bond donors (Lipinski definition) is 1. The maximum atomic E-state index is 13.8. The van der Waals surface area contributed by atoms with Gasteiger partial charge in [-0.05, 0) is 18.6 Å². The van der Waals surface area contributed by atoms with Crippen LogP contribution in [0.5, 0.6) is 0 Å². The maximum absolute atomic E-state index is 13.8. The van der Waals surface area contributed by atoms with E-state index in [1.807, 2.05) is 12.1 Å². The van der Waals surface area contributed by atoms with E-state index in [1.165, 1.54) is 6.07 Å². The number of hydrogen-bond acceptors (Lipinski definition) is 2. The molecule has 118 valence electrons. The van der Waals surface area contributed by atoms with Crippen molar-refractivity contribution in [3.8, 4) is 0 Å². The molecule has 0 bridgehead atoms. The Morgan fingerprint density at radius 2 is 1.90 bits per heavy atom. The van der Waals surface area contributed by atoms with E-state index in [-0.39, 0.29) is 29.8 Å². The number of nitrogens with one attached hydrogen (secondary N) is 1. The molecular formula is C15H24FIN4. The Balaban J connectivity index is 0.00000220. The van der Waals surface area contributed by atoms with Crippen LogP contribution >= 0.6 is 24.0 Å². The van der Waals surface area contributed by atoms with Crippen LogP contribution in [0.3, 0.4) is 0 Å². The quantitative estimate of drug-likeness (QED) is 0.476. The van der Waals surface area contributed by atoms with Gasteiger partial charge in [-0.1, -0.05) is 19.1 Å². The molecule has 1 saturated heterocycles. The first-order valence-electron chi connectivity index (χ1n) is 7.21. The third-order valence-corrected chi connectivity index (χ3v) is 3.52. The first-order chi connectivity index (χ1) is 9.76. The van der Waals surface area contributed by atoms with E-state index in [4.69, 9.17) is 0 Å². The van der Waals surface area contributed by atoms with E-state index in [0.717, 1.165) is 45.1 Å². The fraction of sp³-hybridized carbons (Fsp3) is 0.533. The molecule has 0 saturated carbocycles. The van der Waals surface area contributed by atoms with Crippen LogP contribution in [0.2, 0.25) is 0 Å². The summed E-state index contributed by atoms with van der Waals surface area (Å²) in [5, 5.41) is 3.34. The highest BCUT2D eigenvalue weighted by atomic mass is 127. The predicted molar refractivity (Wildman–Crippen MR) is 97.3 cm³/mol. The van der Waals surface area contributed by atoms with Gasteiger partial charge in [0.1, 0.15) is 5.82 Å². The van der Waals surface area contributed by atoms with Crippen molar-refractivity contribution in [1.82, 2.24) is 10.2 Å². The fourth-order valence-electron chi connectivity index (χ4n) is 2.44. The molecule has 1 aliphatic heterocycles. The van der Waals surface area contributed by atoms with Crippen LogP contribution < -0.4 is 10.2 Å². The Kier molecular flexibility index (Phi) is 7.77. The van der Waals surface area contributed by atoms with Crippen LogP contribution in [0, 0.1) is 5.82 Å². The van der Waals surface area contributed by atoms with Gasteiger partial charge in [-0.3, -0.25) is 4.99 Å². The normalized spacial score (nSPS) is 15.7. The van der Waals surface area contributed by atoms with Crippen LogP contribution in [0.25, 0.3) is 0 Å². The van der Waals surface area contributed by atoms with Crippen LogP contribution in [0.15, 0.2) is 29.3 Å². The fourth-order valence-corrected chi connectivity index (χ4v) is 2.44. The number of guanidine groups is 1. The Bertz CT molecular complexity index is 459. The third-order valence-electron chi connectivity index (χ3n) is 3.52. The minimum Gasteiger partial charge on any atom is -0.366 e. The summed E-state index contributed by atoms with van der Waals surface area (Å²) in [5.41, 5.74) is 0.698. The van der Waals surface area contributed by atoms with Crippen LogP contribution in [-0.2, 0) is 0 Å². The first-order valence-corrected chi connectivity index (χ1v) is 7.21. The zero-order valence-corrected chi connectivity index (χ0v) is 15.0. The molecule has 0 atom stereocenters. The second-order valence-electron chi connectivity index (χ2n) is 4.90. The van der Waals surface area contributed by atoms with Gasteiger partial charge in [0, 0.05) is 39.8 Å². The van der Waals surface area contributed by atoms with Crippen molar-refractivity contribution in [2.75, 3.05) is 44.7 Å². The van der Waals surface area contributed by atoms with E-state index >= 15 is 0 Å². The van der Waals surface area contributed by atoms with Crippen molar-refractivity contribution in [3.05, 3.63) is 30.1 Å². The topological polar surface area (TPSA) is 30.9 Å². The van der Waals surface area contributed by atoms with E-state index in [1.54, 1.807) is 13.1 Å². The summed E-state index contributed by atoms with van der Waals surface area (Å²) < 4.78 is 13.8. The lowest BCUT2D eigenvalue weighted by atomic mass is 10.2. The number of benzene rings is 1. The molecule has 2 rings (SSSR count). The van der Waals surface area contributed by atoms with Gasteiger partial charge in [-0.15, -0.1) is 24.0 Å². The van der Waals surface area contributed by atoms with E-state index in [0.29, 0.717) is 5.69 Å². The zero-order chi connectivity index (χ0) is 14.4. The standard InChI is InChI=1S/C15H23FN4.HI/c1-3-8-18-15(17-2)20-11-9-19(10-12-20)14-7-5-4-6-13(14)16;/h4-7H,3,8-12H2,1-2H3,(H,17,18);1H. The van der Waals surface area contributed by atoms with Gasteiger partial charge >= 0.3 is 0 Å². The average Bonchev–Trinajstić information content (AvgIpc) is 2.49. The van der Waals surface area contributed by atoms with Crippen molar-refractivity contribution in [2.45, 2.75) is 13.3 Å². The van der Waals surface area contributed by atoms with Crippen molar-refractivity contribution in [1.29, 1.82) is 0 Å². The molecule has 1 aromatic carbocycles. The second-order valence-corrected chi connectivity index (χ2v) is 4.90. The molecule has 1 N–H and O–H groups in total. The molecule has 1 aromatic rings. The first kappa shape index (κ1) is 18.0. The molecule has 4 nitrogen and oxygen atoms in total. The molecule has 0 radical (unpaired) electrons. The van der Waals surface area contributed by atoms with Gasteiger partial charge in [0.05, 0.1) is 5.69 Å². The van der Waals surface area contributed by atoms with Crippen LogP contribution in [0.1, 0.15) is 13.3 Å². The van der Waals surface area contributed by atoms with Gasteiger partial charge in [-0.2, -0.15) is 0 Å². The molecule has 0 amide bonds. The summed E-state index contributed by atoms with van der Waals surface area (Å²) in [5.74, 6) is 0.800. The van der Waals surface area contributed by atoms with Gasteiger partial charge < -0.3 is 15.1 Å². The lowest BCUT2D eigenvalue weighted by Crippen LogP contribution is -2.52. The summed E-state index contributed by atoms with van der Waals surface area (Å²) in [4.78, 5) is 8.63. The molecule has 0 aromatic heterocycles. The molecule has 6 heteroatoms. The van der Waals surface area contributed by atoms with Crippen LogP contribution in [0.4, 0.5) is 10.1 Å². The Hall–Kier alpha value is -1.05. The predicted octanol–water partition coefficient (Wildman–Crippen LogP) is 2.55. The minimum absolute atomic E-state index is 0. The summed E-state index contributed by atoms with van der Waals surface area (Å²) in [6.45, 7) is 6.41. The molecule has 21 heavy (non-hydrogen) atoms. The van der Waals surface area contributed by atoms with Crippen molar-refractivity contribution < 1.29 is 4.39 Å². The highest BCUT2D eigenvalue weighted by molar-refractivity contribution is 14.0. The molecule has 1 heterocycles. The number of anilines is 1. The lowest BCUT2D eigenvalue weighted by molar-refractivity contribution is 0.371. The summed E-state index contributed by atoms with van der Waals surface area (Å²) >= 11 is 0. The van der Waals surface area contributed by atoms with Crippen molar-refractivity contribution in [3.63, 3.8) is 0 Å². The van der Waals surface area contributed by atoms with Gasteiger partial charge in [-0.25, -0.2) is 4.39 Å². The number of piperazine rings is 1. The number of aliphatic imine (C=N–C) groups is 1. The van der Waals surface area contributed by atoms with E-state index in [9.17, 15) is 4.39 Å². The van der Waals surface area contributed by atoms with Crippen LogP contribution in [-0.4, -0.2) is 50.6 Å². The SMILES string of the molecule is CCCNC(=NC)N1CCN(c2ccccc2F)CC1.I. The highest BCUT2D eigenvalue weighted by Gasteiger charge is 2.20. The highest BCUT2D eigenvalue weighted by Crippen LogP contribution is 2.20. The second kappa shape index (κ2) is 9.07. The zero-order valence-electron chi connectivity index (χ0n) is 12.7. The molecule has 0 aliphatic carbocycles.